The molecule has 51 atom stereocenters. The van der Waals surface area contributed by atoms with Crippen molar-refractivity contribution in [3.05, 3.63) is 0 Å². The maximum atomic E-state index is 13.3. The molecule has 0 saturated carbocycles. The highest BCUT2D eigenvalue weighted by molar-refractivity contribution is 5.76. The van der Waals surface area contributed by atoms with Gasteiger partial charge in [0.05, 0.1) is 90.5 Å². The Morgan fingerprint density at radius 2 is 0.651 bits per heavy atom. The van der Waals surface area contributed by atoms with E-state index in [1.165, 1.54) is 13.8 Å². The zero-order chi connectivity index (χ0) is 93.2. The number of aliphatic hydroxyl groups excluding tert-OH is 30. The molecule has 22 unspecified atom stereocenters. The number of aliphatic hydroxyl groups is 31. The molecule has 0 aliphatic carbocycles. The fourth-order valence-electron chi connectivity index (χ4n) is 16.5. The molecular formula is C70H117NO55. The third kappa shape index (κ3) is 21.8. The van der Waals surface area contributed by atoms with Crippen molar-refractivity contribution in [2.75, 3.05) is 66.1 Å². The molecule has 56 heteroatoms. The second-order valence-electron chi connectivity index (χ2n) is 32.4. The van der Waals surface area contributed by atoms with Crippen LogP contribution in [0.3, 0.4) is 0 Å². The van der Waals surface area contributed by atoms with Gasteiger partial charge in [-0.25, -0.2) is 9.59 Å². The molecule has 10 saturated heterocycles. The van der Waals surface area contributed by atoms with Gasteiger partial charge in [0.2, 0.25) is 5.91 Å². The summed E-state index contributed by atoms with van der Waals surface area (Å²) >= 11 is 0. The first-order valence-electron chi connectivity index (χ1n) is 40.1. The molecule has 0 spiro atoms. The third-order valence-corrected chi connectivity index (χ3v) is 24.0. The summed E-state index contributed by atoms with van der Waals surface area (Å²) in [4.78, 5) is 39.6. The van der Waals surface area contributed by atoms with Crippen LogP contribution in [0.1, 0.15) is 33.6 Å². The van der Waals surface area contributed by atoms with E-state index < -0.39 is 415 Å². The van der Waals surface area contributed by atoms with Crippen molar-refractivity contribution >= 4 is 17.8 Å². The average molecular weight is 1850 g/mol. The summed E-state index contributed by atoms with van der Waals surface area (Å²) in [5, 5.41) is 364. The van der Waals surface area contributed by atoms with Gasteiger partial charge in [-0.2, -0.15) is 0 Å². The molecule has 0 aromatic rings. The number of carboxylic acid groups (broad SMARTS) is 2. The Bertz CT molecular complexity index is 3390. The zero-order valence-electron chi connectivity index (χ0n) is 67.1. The SMILES string of the molecule is CC(=O)NC1[C@H](O[C@@H]2C(O)[C@H](O[C@@H]3C(CO)O[C@@H](OCC4OC(C(O)O)C(O)C4O[C@@H]4OC(CO)[C@H](O)[C@H](OC5(C(=O)O)CC(O)[C@@H](C)[C@H]([C@H](O)[C@H](O)CO)O5)C4O)C(O)[C@H]3O)OC(CO)[C@@H]2O)OC(CO[C@@H]2OC(CO)[C@@H](O[C@@H]3OC(CO)[C@H](O)[C@H](O)C3O)[C@H](O)C2O)[C@@H](O[C@@H]2OC(CO)[C@H](O)[C@H](OC3(C(=O)O)CC(O)[C@@H](C)[C@H]([C@H](O)[C@H](O)CO)O3)C2O)[C@@H]1O. The van der Waals surface area contributed by atoms with Crippen LogP contribution < -0.4 is 5.32 Å². The molecule has 10 aliphatic rings. The van der Waals surface area contributed by atoms with Gasteiger partial charge in [0.1, 0.15) is 220 Å². The van der Waals surface area contributed by atoms with E-state index in [1.54, 1.807) is 0 Å². The Hall–Kier alpha value is -3.59. The number of rotatable bonds is 36. The van der Waals surface area contributed by atoms with Crippen LogP contribution >= 0.6 is 0 Å². The molecule has 0 bridgehead atoms. The topological polar surface area (TPSA) is 906 Å². The molecule has 0 aromatic carbocycles. The molecule has 126 heavy (non-hydrogen) atoms. The fraction of sp³-hybridized carbons (Fsp3) is 0.957. The lowest BCUT2D eigenvalue weighted by Crippen LogP contribution is -2.70. The van der Waals surface area contributed by atoms with Crippen LogP contribution in [0.4, 0.5) is 0 Å². The van der Waals surface area contributed by atoms with Crippen LogP contribution in [-0.4, -0.2) is 558 Å². The first-order chi connectivity index (χ1) is 59.4. The lowest BCUT2D eigenvalue weighted by Gasteiger charge is -2.51. The lowest BCUT2D eigenvalue weighted by molar-refractivity contribution is -0.394. The van der Waals surface area contributed by atoms with Gasteiger partial charge in [-0.1, -0.05) is 13.8 Å². The van der Waals surface area contributed by atoms with Gasteiger partial charge >= 0.3 is 11.9 Å². The van der Waals surface area contributed by atoms with Crippen LogP contribution in [0.5, 0.6) is 0 Å². The monoisotopic (exact) mass is 1850 g/mol. The van der Waals surface area contributed by atoms with Crippen LogP contribution in [0.15, 0.2) is 0 Å². The number of hydrogen-bond donors (Lipinski definition) is 34. The zero-order valence-corrected chi connectivity index (χ0v) is 67.1. The van der Waals surface area contributed by atoms with Gasteiger partial charge in [-0.15, -0.1) is 0 Å². The number of amides is 1. The summed E-state index contributed by atoms with van der Waals surface area (Å²) in [6.07, 6.45) is -104. The van der Waals surface area contributed by atoms with E-state index in [2.05, 4.69) is 5.32 Å². The predicted molar refractivity (Wildman–Crippen MR) is 382 cm³/mol. The smallest absolute Gasteiger partial charge is 0.364 e. The van der Waals surface area contributed by atoms with E-state index in [1.807, 2.05) is 0 Å². The summed E-state index contributed by atoms with van der Waals surface area (Å²) in [5.41, 5.74) is 0. The van der Waals surface area contributed by atoms with Crippen molar-refractivity contribution in [3.8, 4) is 0 Å². The van der Waals surface area contributed by atoms with E-state index >= 15 is 0 Å². The number of carbonyl (C=O) groups excluding carboxylic acids is 1. The van der Waals surface area contributed by atoms with E-state index in [0.29, 0.717) is 0 Å². The van der Waals surface area contributed by atoms with Crippen molar-refractivity contribution in [2.24, 2.45) is 11.8 Å². The molecule has 10 heterocycles. The second kappa shape index (κ2) is 44.3. The number of aliphatic carboxylic acids is 2. The second-order valence-corrected chi connectivity index (χ2v) is 32.4. The Balaban J connectivity index is 0.886. The largest absolute Gasteiger partial charge is 0.477 e. The van der Waals surface area contributed by atoms with E-state index in [9.17, 15) is 183 Å². The molecule has 34 N–H and O–H groups in total. The molecule has 1 amide bonds. The average Bonchev–Trinajstić information content (AvgIpc) is 0.776. The number of ether oxygens (including phenoxy) is 19. The van der Waals surface area contributed by atoms with E-state index in [0.717, 1.165) is 6.92 Å². The molecule has 732 valence electrons. The summed E-state index contributed by atoms with van der Waals surface area (Å²) in [6.45, 7) is -8.12. The van der Waals surface area contributed by atoms with E-state index in [-0.39, 0.29) is 0 Å². The first-order valence-corrected chi connectivity index (χ1v) is 40.1. The number of carboxylic acids is 2. The van der Waals surface area contributed by atoms with Crippen molar-refractivity contribution in [2.45, 2.75) is 340 Å². The van der Waals surface area contributed by atoms with Crippen molar-refractivity contribution < 1.29 is 273 Å². The summed E-state index contributed by atoms with van der Waals surface area (Å²) in [6, 6.07) is -2.16. The minimum absolute atomic E-state index is 0.854. The highest BCUT2D eigenvalue weighted by atomic mass is 16.8. The highest BCUT2D eigenvalue weighted by Crippen LogP contribution is 2.45. The summed E-state index contributed by atoms with van der Waals surface area (Å²) in [7, 11) is 0. The predicted octanol–water partition coefficient (Wildman–Crippen LogP) is -21.7. The van der Waals surface area contributed by atoms with Crippen LogP contribution in [0, 0.1) is 11.8 Å². The van der Waals surface area contributed by atoms with Crippen molar-refractivity contribution in [1.82, 2.24) is 5.32 Å². The van der Waals surface area contributed by atoms with Crippen LogP contribution in [-0.2, 0) is 104 Å². The molecule has 0 radical (unpaired) electrons. The van der Waals surface area contributed by atoms with Gasteiger partial charge < -0.3 is 264 Å². The Labute approximate surface area is 711 Å². The third-order valence-electron chi connectivity index (χ3n) is 24.0. The first kappa shape index (κ1) is 104. The lowest BCUT2D eigenvalue weighted by atomic mass is 9.84. The Morgan fingerprint density at radius 3 is 1.01 bits per heavy atom. The molecule has 56 nitrogen and oxygen atoms in total. The molecule has 10 aliphatic heterocycles. The summed E-state index contributed by atoms with van der Waals surface area (Å²) in [5.74, 6) is -14.0. The maximum Gasteiger partial charge on any atom is 0.364 e. The van der Waals surface area contributed by atoms with Gasteiger partial charge in [0.25, 0.3) is 11.6 Å². The number of nitrogens with one attached hydrogen (secondary N) is 1. The molecular weight excluding hydrogens is 1730 g/mol. The number of hydrogen-bond acceptors (Lipinski definition) is 53. The standard InChI is InChI=1S/C70H117NO55/c1-16-19(81)4-69(67(104)105,123-49(16)32(85)21(83)6-72)125-56-36(89)25(10-76)113-65(47(56)100)120-53-30(15-109-62-43(96)40(93)51(27(12-78)115-62)118-63-42(95)39(92)34(87)23(8-74)111-63)117-60(31(38(53)91)71-18(3)80)122-55-35(88)24(9-75)112-64(46(55)99)119-52-28(13-79)116-61(44(97)41(52)94)108-14-29-54(45(98)58(110-29)59(102)103)121-66-48(101)57(37(90)26(11-77)114-66)126-70(68(106)107)5-20(82)17(2)50(124-70)33(86)22(84)7-73/h16-17,19-66,72-79,81-103H,4-15H2,1-3H3,(H,71,80)(H,104,105)(H,106,107)/t16-,17-,19?,20?,21-,22-,23?,24?,25?,26?,27?,28?,29?,30?,31?,32-,33-,34+,35+,36+,37+,38-,39+,40-,41-,42?,43?,44?,45?,46?,47?,48?,49-,50-,51-,52-,53-,54?,55+,56+,57+,58?,60+,61-,62-,63+,64+,65+,66+,69?,70?/m1/s1. The van der Waals surface area contributed by atoms with Gasteiger partial charge in [0.15, 0.2) is 50.3 Å². The fourth-order valence-corrected chi connectivity index (χ4v) is 16.5. The maximum absolute atomic E-state index is 13.3. The van der Waals surface area contributed by atoms with Gasteiger partial charge in [-0.3, -0.25) is 4.79 Å². The molecule has 10 fully saturated rings. The Morgan fingerprint density at radius 1 is 0.341 bits per heavy atom. The van der Waals surface area contributed by atoms with Gasteiger partial charge in [0, 0.05) is 31.6 Å². The number of carbonyl (C=O) groups is 3. The van der Waals surface area contributed by atoms with Gasteiger partial charge in [-0.05, 0) is 0 Å². The minimum Gasteiger partial charge on any atom is -0.477 e. The quantitative estimate of drug-likeness (QED) is 0.0259. The molecule has 10 rings (SSSR count). The van der Waals surface area contributed by atoms with Crippen molar-refractivity contribution in [3.63, 3.8) is 0 Å². The molecule has 0 aromatic heterocycles. The van der Waals surface area contributed by atoms with Crippen molar-refractivity contribution in [1.29, 1.82) is 0 Å². The summed E-state index contributed by atoms with van der Waals surface area (Å²) < 4.78 is 110. The Kier molecular flexibility index (Phi) is 36.7. The van der Waals surface area contributed by atoms with E-state index in [4.69, 9.17) is 90.0 Å². The highest BCUT2D eigenvalue weighted by Gasteiger charge is 2.65. The van der Waals surface area contributed by atoms with Crippen LogP contribution in [0.25, 0.3) is 0 Å². The normalized spacial score (nSPS) is 49.0. The van der Waals surface area contributed by atoms with Crippen LogP contribution in [0.2, 0.25) is 0 Å². The minimum atomic E-state index is -3.23.